The number of aliphatic hydroxyl groups excluding tert-OH is 1. The van der Waals surface area contributed by atoms with E-state index >= 15 is 0 Å². The van der Waals surface area contributed by atoms with Crippen LogP contribution in [0.15, 0.2) is 100 Å². The Bertz CT molecular complexity index is 2130. The number of carbonyl (C=O) groups excluding carboxylic acids is 2. The van der Waals surface area contributed by atoms with E-state index < -0.39 is 41.4 Å². The minimum Gasteiger partial charge on any atom is -0.491 e. The first-order valence-electron chi connectivity index (χ1n) is 16.0. The number of fused-ring (bicyclic) bond motifs is 1. The van der Waals surface area contributed by atoms with Crippen LogP contribution in [0.5, 0.6) is 5.75 Å². The third-order valence-corrected chi connectivity index (χ3v) is 9.21. The molecule has 2 aromatic heterocycles. The van der Waals surface area contributed by atoms with E-state index in [0.29, 0.717) is 17.1 Å². The molecule has 0 aliphatic carbocycles. The van der Waals surface area contributed by atoms with Gasteiger partial charge in [-0.1, -0.05) is 46.3 Å². The van der Waals surface area contributed by atoms with Gasteiger partial charge in [-0.2, -0.15) is 13.2 Å². The van der Waals surface area contributed by atoms with Crippen molar-refractivity contribution in [1.29, 1.82) is 0 Å². The highest BCUT2D eigenvalue weighted by molar-refractivity contribution is 9.10. The van der Waals surface area contributed by atoms with Crippen molar-refractivity contribution in [2.75, 3.05) is 6.61 Å². The SMILES string of the molecule is C[C@@H]1Cn2c(c(C(=O)NCc3ccccc3-c3ccccn3)n(-c3ccc(OC[C@@H](C)O)cc3)c2=O)CN1C(=O)c1ccc(Br)c(C(F)(F)F)c1. The number of aliphatic hydroxyl groups is 1. The second-order valence-corrected chi connectivity index (χ2v) is 13.1. The van der Waals surface area contributed by atoms with Gasteiger partial charge in [0, 0.05) is 40.9 Å². The van der Waals surface area contributed by atoms with Crippen molar-refractivity contribution < 1.29 is 32.6 Å². The first kappa shape index (κ1) is 35.6. The number of alkyl halides is 3. The van der Waals surface area contributed by atoms with Crippen LogP contribution in [0.3, 0.4) is 0 Å². The Morgan fingerprint density at radius 1 is 1.06 bits per heavy atom. The summed E-state index contributed by atoms with van der Waals surface area (Å²) in [6.45, 7) is 3.18. The van der Waals surface area contributed by atoms with Crippen molar-refractivity contribution in [2.45, 2.75) is 51.8 Å². The van der Waals surface area contributed by atoms with E-state index in [4.69, 9.17) is 4.74 Å². The number of ether oxygens (including phenoxy) is 1. The minimum atomic E-state index is -4.70. The van der Waals surface area contributed by atoms with Crippen LogP contribution in [0.2, 0.25) is 0 Å². The van der Waals surface area contributed by atoms with Crippen LogP contribution in [-0.2, 0) is 25.8 Å². The molecule has 0 fully saturated rings. The molecule has 6 rings (SSSR count). The first-order chi connectivity index (χ1) is 24.3. The number of carbonyl (C=O) groups is 2. The number of rotatable bonds is 9. The van der Waals surface area contributed by atoms with Crippen LogP contribution in [0, 0.1) is 0 Å². The summed E-state index contributed by atoms with van der Waals surface area (Å²) in [6, 6.07) is 22.0. The number of hydrogen-bond acceptors (Lipinski definition) is 6. The van der Waals surface area contributed by atoms with Gasteiger partial charge < -0.3 is 20.1 Å². The highest BCUT2D eigenvalue weighted by Gasteiger charge is 2.37. The molecule has 1 aliphatic heterocycles. The minimum absolute atomic E-state index is 0.00602. The lowest BCUT2D eigenvalue weighted by atomic mass is 10.0. The van der Waals surface area contributed by atoms with Gasteiger partial charge in [-0.25, -0.2) is 4.79 Å². The number of nitrogens with one attached hydrogen (secondary N) is 1. The van der Waals surface area contributed by atoms with E-state index in [1.54, 1.807) is 50.4 Å². The number of halogens is 4. The molecule has 0 unspecified atom stereocenters. The summed E-state index contributed by atoms with van der Waals surface area (Å²) in [7, 11) is 0. The molecule has 0 radical (unpaired) electrons. The normalized spacial score (nSPS) is 14.9. The lowest BCUT2D eigenvalue weighted by Crippen LogP contribution is -2.47. The zero-order valence-electron chi connectivity index (χ0n) is 27.5. The number of hydrogen-bond donors (Lipinski definition) is 2. The average molecular weight is 765 g/mol. The molecule has 14 heteroatoms. The van der Waals surface area contributed by atoms with Gasteiger partial charge in [0.15, 0.2) is 0 Å². The van der Waals surface area contributed by atoms with Crippen LogP contribution in [0.1, 0.15) is 51.5 Å². The number of imidazole rings is 1. The van der Waals surface area contributed by atoms with E-state index in [9.17, 15) is 32.7 Å². The lowest BCUT2D eigenvalue weighted by Gasteiger charge is -2.34. The zero-order valence-corrected chi connectivity index (χ0v) is 29.1. The third-order valence-electron chi connectivity index (χ3n) is 8.52. The highest BCUT2D eigenvalue weighted by Crippen LogP contribution is 2.36. The van der Waals surface area contributed by atoms with Gasteiger partial charge in [0.05, 0.1) is 35.3 Å². The summed E-state index contributed by atoms with van der Waals surface area (Å²) >= 11 is 2.92. The van der Waals surface area contributed by atoms with Crippen LogP contribution in [0.25, 0.3) is 16.9 Å². The fourth-order valence-electron chi connectivity index (χ4n) is 6.02. The van der Waals surface area contributed by atoms with Crippen LogP contribution in [0.4, 0.5) is 13.2 Å². The number of nitrogens with zero attached hydrogens (tertiary/aromatic N) is 4. The molecule has 3 aromatic carbocycles. The quantitative estimate of drug-likeness (QED) is 0.184. The number of pyridine rings is 1. The van der Waals surface area contributed by atoms with E-state index in [0.717, 1.165) is 17.2 Å². The predicted octanol–water partition coefficient (Wildman–Crippen LogP) is 6.22. The summed E-state index contributed by atoms with van der Waals surface area (Å²) in [5.41, 5.74) is 1.14. The molecule has 0 saturated carbocycles. The smallest absolute Gasteiger partial charge is 0.417 e. The van der Waals surface area contributed by atoms with E-state index in [-0.39, 0.29) is 47.7 Å². The Labute approximate surface area is 299 Å². The standard InChI is InChI=1S/C37H33BrF3N5O5/c1-22-19-45-32(20-44(22)35(49)24-10-15-30(38)29(17-24)37(39,40)41)33(46(36(45)50)26-11-13-27(14-12-26)51-21-23(2)47)34(48)43-18-25-7-3-4-8-28(25)31-9-5-6-16-42-31/h3-17,22-23,47H,18-21H2,1-2H3,(H,43,48)/t22-,23-/m1/s1. The molecule has 3 heterocycles. The molecule has 10 nitrogen and oxygen atoms in total. The molecule has 2 atom stereocenters. The summed E-state index contributed by atoms with van der Waals surface area (Å²) in [4.78, 5) is 47.9. The summed E-state index contributed by atoms with van der Waals surface area (Å²) in [5.74, 6) is -0.842. The fraction of sp³-hybridized carbons (Fsp3) is 0.243. The Morgan fingerprint density at radius 2 is 1.78 bits per heavy atom. The number of aromatic nitrogens is 3. The second-order valence-electron chi connectivity index (χ2n) is 12.2. The maximum absolute atomic E-state index is 14.2. The van der Waals surface area contributed by atoms with Gasteiger partial charge in [0.2, 0.25) is 0 Å². The maximum atomic E-state index is 14.2. The van der Waals surface area contributed by atoms with Gasteiger partial charge in [-0.15, -0.1) is 0 Å². The third kappa shape index (κ3) is 7.47. The molecule has 5 aromatic rings. The molecule has 51 heavy (non-hydrogen) atoms. The first-order valence-corrected chi connectivity index (χ1v) is 16.8. The van der Waals surface area contributed by atoms with E-state index in [1.165, 1.54) is 26.2 Å². The van der Waals surface area contributed by atoms with Gasteiger partial charge in [0.25, 0.3) is 11.8 Å². The zero-order chi connectivity index (χ0) is 36.4. The molecular formula is C37H33BrF3N5O5. The van der Waals surface area contributed by atoms with Crippen LogP contribution in [-0.4, -0.2) is 54.7 Å². The van der Waals surface area contributed by atoms with Crippen LogP contribution >= 0.6 is 15.9 Å². The maximum Gasteiger partial charge on any atom is 0.417 e. The number of benzene rings is 3. The summed E-state index contributed by atoms with van der Waals surface area (Å²) < 4.78 is 49.2. The Hall–Kier alpha value is -5.21. The largest absolute Gasteiger partial charge is 0.491 e. The van der Waals surface area contributed by atoms with Gasteiger partial charge in [0.1, 0.15) is 18.1 Å². The molecule has 264 valence electrons. The molecule has 0 spiro atoms. The van der Waals surface area contributed by atoms with Gasteiger partial charge in [-0.3, -0.25) is 23.7 Å². The molecule has 2 amide bonds. The van der Waals surface area contributed by atoms with Gasteiger partial charge in [-0.05, 0) is 74.0 Å². The van der Waals surface area contributed by atoms with Crippen molar-refractivity contribution in [3.05, 3.63) is 134 Å². The van der Waals surface area contributed by atoms with Crippen LogP contribution < -0.4 is 15.7 Å². The Balaban J connectivity index is 1.39. The van der Waals surface area contributed by atoms with Crippen molar-refractivity contribution in [3.63, 3.8) is 0 Å². The fourth-order valence-corrected chi connectivity index (χ4v) is 6.49. The monoisotopic (exact) mass is 763 g/mol. The Kier molecular flexibility index (Phi) is 10.2. The van der Waals surface area contributed by atoms with Crippen molar-refractivity contribution in [1.82, 2.24) is 24.3 Å². The van der Waals surface area contributed by atoms with E-state index in [2.05, 4.69) is 26.2 Å². The number of amides is 2. The lowest BCUT2D eigenvalue weighted by molar-refractivity contribution is -0.138. The van der Waals surface area contributed by atoms with Gasteiger partial charge >= 0.3 is 11.9 Å². The van der Waals surface area contributed by atoms with Crippen molar-refractivity contribution in [3.8, 4) is 22.7 Å². The molecule has 1 aliphatic rings. The molecule has 0 bridgehead atoms. The predicted molar refractivity (Wildman–Crippen MR) is 187 cm³/mol. The Morgan fingerprint density at radius 3 is 2.47 bits per heavy atom. The molecular weight excluding hydrogens is 731 g/mol. The second kappa shape index (κ2) is 14.6. The summed E-state index contributed by atoms with van der Waals surface area (Å²) in [6.07, 6.45) is -3.73. The highest BCUT2D eigenvalue weighted by atomic mass is 79.9. The van der Waals surface area contributed by atoms with Crippen molar-refractivity contribution >= 4 is 27.7 Å². The molecule has 2 N–H and O–H groups in total. The van der Waals surface area contributed by atoms with Crippen molar-refractivity contribution in [2.24, 2.45) is 0 Å². The molecule has 0 saturated heterocycles. The average Bonchev–Trinajstić information content (AvgIpc) is 3.40. The topological polar surface area (TPSA) is 119 Å². The van der Waals surface area contributed by atoms with E-state index in [1.807, 2.05) is 36.4 Å². The summed E-state index contributed by atoms with van der Waals surface area (Å²) in [5, 5.41) is 12.5.